The zero-order valence-electron chi connectivity index (χ0n) is 16.2. The number of nitrogens with one attached hydrogen (secondary N) is 1. The first kappa shape index (κ1) is 20.1. The first-order valence-corrected chi connectivity index (χ1v) is 10.6. The predicted octanol–water partition coefficient (Wildman–Crippen LogP) is 2.72. The van der Waals surface area contributed by atoms with E-state index in [0.717, 1.165) is 17.0 Å². The summed E-state index contributed by atoms with van der Waals surface area (Å²) in [6.07, 6.45) is 1.34. The molecule has 0 radical (unpaired) electrons. The van der Waals surface area contributed by atoms with Gasteiger partial charge in [0, 0.05) is 24.8 Å². The lowest BCUT2D eigenvalue weighted by Crippen LogP contribution is -2.30. The molecule has 0 unspecified atom stereocenters. The van der Waals surface area contributed by atoms with Crippen molar-refractivity contribution in [3.05, 3.63) is 42.1 Å². The van der Waals surface area contributed by atoms with Crippen LogP contribution in [-0.2, 0) is 10.0 Å². The number of rotatable bonds is 7. The van der Waals surface area contributed by atoms with Gasteiger partial charge in [0.1, 0.15) is 23.9 Å². The topological polar surface area (TPSA) is 93.1 Å². The Morgan fingerprint density at radius 3 is 2.50 bits per heavy atom. The second-order valence-electron chi connectivity index (χ2n) is 6.14. The molecule has 3 rings (SSSR count). The number of hydrogen-bond donors (Lipinski definition) is 1. The van der Waals surface area contributed by atoms with Crippen molar-refractivity contribution >= 4 is 21.6 Å². The van der Waals surface area contributed by atoms with E-state index in [4.69, 9.17) is 9.47 Å². The van der Waals surface area contributed by atoms with Gasteiger partial charge < -0.3 is 9.47 Å². The Balaban J connectivity index is 1.72. The highest BCUT2D eigenvalue weighted by Gasteiger charge is 2.21. The minimum Gasteiger partial charge on any atom is -0.486 e. The molecule has 28 heavy (non-hydrogen) atoms. The third kappa shape index (κ3) is 4.26. The van der Waals surface area contributed by atoms with E-state index in [2.05, 4.69) is 15.5 Å². The van der Waals surface area contributed by atoms with Crippen molar-refractivity contribution in [1.29, 1.82) is 0 Å². The fourth-order valence-corrected chi connectivity index (χ4v) is 4.19. The molecule has 0 amide bonds. The van der Waals surface area contributed by atoms with Crippen molar-refractivity contribution in [1.82, 2.24) is 9.29 Å². The Bertz CT molecular complexity index is 954. The van der Waals surface area contributed by atoms with Gasteiger partial charge in [-0.05, 0) is 37.3 Å². The van der Waals surface area contributed by atoms with Gasteiger partial charge in [-0.25, -0.2) is 13.4 Å². The highest BCUT2D eigenvalue weighted by Crippen LogP contribution is 2.30. The monoisotopic (exact) mass is 404 g/mol. The minimum absolute atomic E-state index is 0.161. The molecule has 0 aliphatic carbocycles. The summed E-state index contributed by atoms with van der Waals surface area (Å²) in [4.78, 5) is 4.32. The molecule has 2 aromatic rings. The second kappa shape index (κ2) is 8.57. The van der Waals surface area contributed by atoms with Crippen LogP contribution < -0.4 is 14.9 Å². The first-order valence-electron chi connectivity index (χ1n) is 9.12. The van der Waals surface area contributed by atoms with E-state index in [-0.39, 0.29) is 4.90 Å². The maximum Gasteiger partial charge on any atom is 0.244 e. The molecule has 1 aliphatic rings. The van der Waals surface area contributed by atoms with Crippen molar-refractivity contribution in [3.8, 4) is 11.5 Å². The molecule has 8 nitrogen and oxygen atoms in total. The van der Waals surface area contributed by atoms with E-state index in [1.807, 2.05) is 25.1 Å². The predicted molar refractivity (Wildman–Crippen MR) is 108 cm³/mol. The number of aromatic nitrogens is 1. The van der Waals surface area contributed by atoms with E-state index in [9.17, 15) is 8.42 Å². The lowest BCUT2D eigenvalue weighted by molar-refractivity contribution is 0.171. The Morgan fingerprint density at radius 1 is 1.14 bits per heavy atom. The van der Waals surface area contributed by atoms with Crippen LogP contribution in [0.4, 0.5) is 5.82 Å². The van der Waals surface area contributed by atoms with Crippen LogP contribution in [0.3, 0.4) is 0 Å². The zero-order chi connectivity index (χ0) is 20.1. The second-order valence-corrected chi connectivity index (χ2v) is 8.07. The SMILES string of the molecule is CCN(CC)S(=O)(=O)c1ccc(NN=C(C)c2ccc3c(c2)OCCO3)nc1. The highest BCUT2D eigenvalue weighted by atomic mass is 32.2. The number of benzene rings is 1. The molecule has 1 N–H and O–H groups in total. The number of hydrogen-bond acceptors (Lipinski definition) is 7. The van der Waals surface area contributed by atoms with Crippen molar-refractivity contribution in [2.45, 2.75) is 25.7 Å². The lowest BCUT2D eigenvalue weighted by atomic mass is 10.1. The molecule has 1 aliphatic heterocycles. The summed E-state index contributed by atoms with van der Waals surface area (Å²) in [5.41, 5.74) is 4.48. The summed E-state index contributed by atoms with van der Waals surface area (Å²) in [7, 11) is -3.52. The van der Waals surface area contributed by atoms with Crippen LogP contribution in [0.25, 0.3) is 0 Å². The third-order valence-corrected chi connectivity index (χ3v) is 6.41. The van der Waals surface area contributed by atoms with Crippen LogP contribution in [0.2, 0.25) is 0 Å². The van der Waals surface area contributed by atoms with Crippen LogP contribution in [0, 0.1) is 0 Å². The van der Waals surface area contributed by atoms with Gasteiger partial charge in [0.05, 0.1) is 5.71 Å². The smallest absolute Gasteiger partial charge is 0.244 e. The van der Waals surface area contributed by atoms with Gasteiger partial charge in [-0.1, -0.05) is 13.8 Å². The van der Waals surface area contributed by atoms with Gasteiger partial charge >= 0.3 is 0 Å². The number of fused-ring (bicyclic) bond motifs is 1. The summed E-state index contributed by atoms with van der Waals surface area (Å²) >= 11 is 0. The Hall–Kier alpha value is -2.65. The first-order chi connectivity index (χ1) is 13.5. The quantitative estimate of drug-likeness (QED) is 0.563. The number of nitrogens with zero attached hydrogens (tertiary/aromatic N) is 3. The summed E-state index contributed by atoms with van der Waals surface area (Å²) in [5.74, 6) is 1.88. The average Bonchev–Trinajstić information content (AvgIpc) is 2.72. The fourth-order valence-electron chi connectivity index (χ4n) is 2.79. The standard InChI is InChI=1S/C19H24N4O4S/c1-4-23(5-2)28(24,25)16-7-9-19(20-13-16)22-21-14(3)15-6-8-17-18(12-15)27-11-10-26-17/h6-9,12-13H,4-5,10-11H2,1-3H3,(H,20,22). The van der Waals surface area contributed by atoms with E-state index in [0.29, 0.717) is 37.9 Å². The molecule has 0 saturated heterocycles. The normalized spacial score (nSPS) is 14.2. The van der Waals surface area contributed by atoms with Crippen LogP contribution in [-0.4, -0.2) is 49.7 Å². The number of sulfonamides is 1. The molecule has 1 aromatic carbocycles. The third-order valence-electron chi connectivity index (χ3n) is 4.38. The molecule has 0 bridgehead atoms. The molecule has 0 atom stereocenters. The van der Waals surface area contributed by atoms with Crippen molar-refractivity contribution in [2.24, 2.45) is 5.10 Å². The molecular formula is C19H24N4O4S. The summed E-state index contributed by atoms with van der Waals surface area (Å²) < 4.78 is 37.5. The molecule has 2 heterocycles. The molecule has 0 fully saturated rings. The van der Waals surface area contributed by atoms with Gasteiger partial charge in [-0.3, -0.25) is 5.43 Å². The van der Waals surface area contributed by atoms with Crippen LogP contribution in [0.15, 0.2) is 46.5 Å². The summed E-state index contributed by atoms with van der Waals surface area (Å²) in [6.45, 7) is 7.37. The van der Waals surface area contributed by atoms with E-state index >= 15 is 0 Å². The molecule has 0 saturated carbocycles. The largest absolute Gasteiger partial charge is 0.486 e. The molecule has 1 aromatic heterocycles. The molecular weight excluding hydrogens is 380 g/mol. The van der Waals surface area contributed by atoms with E-state index in [1.54, 1.807) is 19.9 Å². The summed E-state index contributed by atoms with van der Waals surface area (Å²) in [5, 5.41) is 4.32. The zero-order valence-corrected chi connectivity index (χ0v) is 17.0. The minimum atomic E-state index is -3.52. The number of hydrazone groups is 1. The van der Waals surface area contributed by atoms with Crippen molar-refractivity contribution < 1.29 is 17.9 Å². The van der Waals surface area contributed by atoms with E-state index < -0.39 is 10.0 Å². The van der Waals surface area contributed by atoms with Crippen LogP contribution >= 0.6 is 0 Å². The van der Waals surface area contributed by atoms with Gasteiger partial charge in [-0.2, -0.15) is 9.41 Å². The highest BCUT2D eigenvalue weighted by molar-refractivity contribution is 7.89. The van der Waals surface area contributed by atoms with Gasteiger partial charge in [0.25, 0.3) is 0 Å². The molecule has 150 valence electrons. The number of ether oxygens (including phenoxy) is 2. The average molecular weight is 404 g/mol. The maximum atomic E-state index is 12.5. The maximum absolute atomic E-state index is 12.5. The van der Waals surface area contributed by atoms with E-state index in [1.165, 1.54) is 16.6 Å². The Kier molecular flexibility index (Phi) is 6.15. The van der Waals surface area contributed by atoms with Gasteiger partial charge in [-0.15, -0.1) is 0 Å². The van der Waals surface area contributed by atoms with Gasteiger partial charge in [0.2, 0.25) is 10.0 Å². The van der Waals surface area contributed by atoms with Crippen molar-refractivity contribution in [2.75, 3.05) is 31.7 Å². The Morgan fingerprint density at radius 2 is 1.86 bits per heavy atom. The van der Waals surface area contributed by atoms with Gasteiger partial charge in [0.15, 0.2) is 11.5 Å². The number of pyridine rings is 1. The summed E-state index contributed by atoms with van der Waals surface area (Å²) in [6, 6.07) is 8.76. The molecule has 9 heteroatoms. The van der Waals surface area contributed by atoms with Crippen LogP contribution in [0.1, 0.15) is 26.3 Å². The fraction of sp³-hybridized carbons (Fsp3) is 0.368. The van der Waals surface area contributed by atoms with Crippen molar-refractivity contribution in [3.63, 3.8) is 0 Å². The van der Waals surface area contributed by atoms with Crippen LogP contribution in [0.5, 0.6) is 11.5 Å². The lowest BCUT2D eigenvalue weighted by Gasteiger charge is -2.18. The number of anilines is 1. The molecule has 0 spiro atoms. The Labute approximate surface area is 165 Å².